The molecular formula is C16H24N2O2. The molecule has 1 atom stereocenters. The lowest BCUT2D eigenvalue weighted by molar-refractivity contribution is -0.127. The van der Waals surface area contributed by atoms with Gasteiger partial charge < -0.3 is 0 Å². The summed E-state index contributed by atoms with van der Waals surface area (Å²) in [4.78, 5) is 32.2. The Bertz CT molecular complexity index is 445. The number of nitrogens with zero attached hydrogens (tertiary/aromatic N) is 2. The minimum atomic E-state index is -0.396. The summed E-state index contributed by atoms with van der Waals surface area (Å²) >= 11 is 0. The van der Waals surface area contributed by atoms with E-state index >= 15 is 0 Å². The fraction of sp³-hybridized carbons (Fsp3) is 0.625. The number of Topliss-reactive ketones (excluding diaryl/α,β-unsaturated/α-hetero) is 2. The van der Waals surface area contributed by atoms with Gasteiger partial charge in [0, 0.05) is 17.8 Å². The summed E-state index contributed by atoms with van der Waals surface area (Å²) in [5, 5.41) is 0. The molecule has 0 bridgehead atoms. The summed E-state index contributed by atoms with van der Waals surface area (Å²) in [6, 6.07) is 0. The molecule has 0 saturated heterocycles. The van der Waals surface area contributed by atoms with E-state index in [1.807, 2.05) is 13.8 Å². The quantitative estimate of drug-likeness (QED) is 0.392. The highest BCUT2D eigenvalue weighted by Crippen LogP contribution is 2.31. The van der Waals surface area contributed by atoms with Gasteiger partial charge in [-0.05, 0) is 12.8 Å². The van der Waals surface area contributed by atoms with Gasteiger partial charge in [-0.15, -0.1) is 0 Å². The number of rotatable bonds is 9. The summed E-state index contributed by atoms with van der Waals surface area (Å²) in [5.41, 5.74) is -0.125. The lowest BCUT2D eigenvalue weighted by atomic mass is 9.76. The summed E-state index contributed by atoms with van der Waals surface area (Å²) in [5.74, 6) is -0.218. The van der Waals surface area contributed by atoms with E-state index in [1.165, 1.54) is 18.6 Å². The van der Waals surface area contributed by atoms with Gasteiger partial charge in [0.25, 0.3) is 0 Å². The van der Waals surface area contributed by atoms with Gasteiger partial charge in [-0.3, -0.25) is 14.6 Å². The molecule has 0 spiro atoms. The molecule has 0 aliphatic carbocycles. The van der Waals surface area contributed by atoms with Crippen LogP contribution in [-0.4, -0.2) is 21.5 Å². The molecule has 4 nitrogen and oxygen atoms in total. The van der Waals surface area contributed by atoms with Gasteiger partial charge in [-0.25, -0.2) is 4.98 Å². The molecule has 1 aromatic heterocycles. The van der Waals surface area contributed by atoms with Crippen LogP contribution in [0.2, 0.25) is 0 Å². The highest BCUT2D eigenvalue weighted by atomic mass is 16.1. The Balaban J connectivity index is 2.65. The van der Waals surface area contributed by atoms with Crippen LogP contribution in [0, 0.1) is 5.41 Å². The van der Waals surface area contributed by atoms with Crippen molar-refractivity contribution in [3.8, 4) is 0 Å². The molecule has 1 heterocycles. The zero-order chi connectivity index (χ0) is 15.0. The molecule has 0 N–H and O–H groups in total. The third kappa shape index (κ3) is 4.51. The molecule has 20 heavy (non-hydrogen) atoms. The first-order valence-corrected chi connectivity index (χ1v) is 7.36. The predicted octanol–water partition coefficient (Wildman–Crippen LogP) is 3.62. The van der Waals surface area contributed by atoms with E-state index in [1.54, 1.807) is 0 Å². The normalized spacial score (nSPS) is 13.8. The molecule has 1 rings (SSSR count). The summed E-state index contributed by atoms with van der Waals surface area (Å²) in [6.07, 6.45) is 9.23. The molecule has 0 saturated carbocycles. The van der Waals surface area contributed by atoms with Gasteiger partial charge in [-0.1, -0.05) is 40.0 Å². The molecule has 1 aromatic rings. The number of carbonyl (C=O) groups is 2. The average molecular weight is 276 g/mol. The number of hydrogen-bond acceptors (Lipinski definition) is 4. The van der Waals surface area contributed by atoms with Crippen LogP contribution >= 0.6 is 0 Å². The fourth-order valence-corrected chi connectivity index (χ4v) is 2.17. The molecule has 0 amide bonds. The van der Waals surface area contributed by atoms with Gasteiger partial charge in [-0.2, -0.15) is 0 Å². The van der Waals surface area contributed by atoms with Crippen LogP contribution in [-0.2, 0) is 4.79 Å². The van der Waals surface area contributed by atoms with Crippen LogP contribution in [0.5, 0.6) is 0 Å². The summed E-state index contributed by atoms with van der Waals surface area (Å²) in [6.45, 7) is 6.12. The van der Waals surface area contributed by atoms with E-state index in [0.29, 0.717) is 0 Å². The number of carbonyl (C=O) groups excluding carboxylic acids is 2. The molecule has 0 radical (unpaired) electrons. The first-order valence-electron chi connectivity index (χ1n) is 7.36. The summed E-state index contributed by atoms with van der Waals surface area (Å²) < 4.78 is 0. The van der Waals surface area contributed by atoms with E-state index < -0.39 is 5.41 Å². The number of aromatic nitrogens is 2. The first kappa shape index (κ1) is 16.5. The van der Waals surface area contributed by atoms with Crippen molar-refractivity contribution in [2.75, 3.05) is 0 Å². The van der Waals surface area contributed by atoms with Crippen molar-refractivity contribution in [3.63, 3.8) is 0 Å². The molecule has 110 valence electrons. The average Bonchev–Trinajstić information content (AvgIpc) is 2.48. The SMILES string of the molecule is CCCCCC(C)(CC)C(=O)CC(=O)c1cnccn1. The third-order valence-electron chi connectivity index (χ3n) is 3.96. The van der Waals surface area contributed by atoms with Crippen LogP contribution < -0.4 is 0 Å². The van der Waals surface area contributed by atoms with Crippen molar-refractivity contribution in [2.24, 2.45) is 5.41 Å². The van der Waals surface area contributed by atoms with E-state index in [-0.39, 0.29) is 23.7 Å². The third-order valence-corrected chi connectivity index (χ3v) is 3.96. The van der Waals surface area contributed by atoms with Crippen molar-refractivity contribution in [1.29, 1.82) is 0 Å². The Labute approximate surface area is 121 Å². The van der Waals surface area contributed by atoms with Crippen LogP contribution in [0.4, 0.5) is 0 Å². The lowest BCUT2D eigenvalue weighted by Crippen LogP contribution is -2.29. The Morgan fingerprint density at radius 2 is 1.95 bits per heavy atom. The van der Waals surface area contributed by atoms with Crippen molar-refractivity contribution >= 4 is 11.6 Å². The highest BCUT2D eigenvalue weighted by molar-refractivity contribution is 6.08. The van der Waals surface area contributed by atoms with E-state index in [2.05, 4.69) is 16.9 Å². The smallest absolute Gasteiger partial charge is 0.190 e. The van der Waals surface area contributed by atoms with E-state index in [4.69, 9.17) is 0 Å². The maximum Gasteiger partial charge on any atom is 0.190 e. The van der Waals surface area contributed by atoms with Crippen molar-refractivity contribution in [2.45, 2.75) is 59.3 Å². The second-order valence-electron chi connectivity index (χ2n) is 5.49. The van der Waals surface area contributed by atoms with Crippen LogP contribution in [0.25, 0.3) is 0 Å². The van der Waals surface area contributed by atoms with Gasteiger partial charge in [0.15, 0.2) is 5.78 Å². The monoisotopic (exact) mass is 276 g/mol. The van der Waals surface area contributed by atoms with E-state index in [9.17, 15) is 9.59 Å². The Hall–Kier alpha value is -1.58. The zero-order valence-corrected chi connectivity index (χ0v) is 12.7. The Kier molecular flexibility index (Phi) is 6.49. The standard InChI is InChI=1S/C16H24N2O2/c1-4-6-7-8-16(3,5-2)15(20)11-14(19)13-12-17-9-10-18-13/h9-10,12H,4-8,11H2,1-3H3. The maximum absolute atomic E-state index is 12.4. The second-order valence-corrected chi connectivity index (χ2v) is 5.49. The first-order chi connectivity index (χ1) is 9.53. The van der Waals surface area contributed by atoms with Crippen molar-refractivity contribution < 1.29 is 9.59 Å². The van der Waals surface area contributed by atoms with Gasteiger partial charge in [0.2, 0.25) is 0 Å². The molecule has 0 fully saturated rings. The maximum atomic E-state index is 12.4. The summed E-state index contributed by atoms with van der Waals surface area (Å²) in [7, 11) is 0. The second kappa shape index (κ2) is 7.88. The lowest BCUT2D eigenvalue weighted by Gasteiger charge is -2.26. The number of hydrogen-bond donors (Lipinski definition) is 0. The van der Waals surface area contributed by atoms with Gasteiger partial charge in [0.05, 0.1) is 12.6 Å². The van der Waals surface area contributed by atoms with Crippen LogP contribution in [0.1, 0.15) is 69.8 Å². The minimum absolute atomic E-state index is 0.0201. The van der Waals surface area contributed by atoms with Gasteiger partial charge >= 0.3 is 0 Å². The fourth-order valence-electron chi connectivity index (χ4n) is 2.17. The van der Waals surface area contributed by atoms with Crippen molar-refractivity contribution in [3.05, 3.63) is 24.3 Å². The molecule has 0 aliphatic heterocycles. The van der Waals surface area contributed by atoms with Gasteiger partial charge in [0.1, 0.15) is 11.5 Å². The number of ketones is 2. The van der Waals surface area contributed by atoms with E-state index in [0.717, 1.165) is 32.1 Å². The molecule has 0 aromatic carbocycles. The minimum Gasteiger partial charge on any atom is -0.299 e. The molecule has 1 unspecified atom stereocenters. The zero-order valence-electron chi connectivity index (χ0n) is 12.7. The highest BCUT2D eigenvalue weighted by Gasteiger charge is 2.32. The largest absolute Gasteiger partial charge is 0.299 e. The molecule has 4 heteroatoms. The van der Waals surface area contributed by atoms with Crippen LogP contribution in [0.15, 0.2) is 18.6 Å². The Morgan fingerprint density at radius 3 is 2.50 bits per heavy atom. The molecular weight excluding hydrogens is 252 g/mol. The topological polar surface area (TPSA) is 59.9 Å². The van der Waals surface area contributed by atoms with Crippen LogP contribution in [0.3, 0.4) is 0 Å². The molecule has 0 aliphatic rings. The van der Waals surface area contributed by atoms with Crippen molar-refractivity contribution in [1.82, 2.24) is 9.97 Å². The Morgan fingerprint density at radius 1 is 1.20 bits per heavy atom. The number of unbranched alkanes of at least 4 members (excludes halogenated alkanes) is 2. The predicted molar refractivity (Wildman–Crippen MR) is 78.5 cm³/mol.